The van der Waals surface area contributed by atoms with E-state index in [1.54, 1.807) is 47.4 Å². The van der Waals surface area contributed by atoms with Crippen LogP contribution in [0, 0.1) is 0 Å². The maximum absolute atomic E-state index is 12.3. The van der Waals surface area contributed by atoms with Crippen molar-refractivity contribution in [1.82, 2.24) is 15.1 Å². The number of hydrogen-bond acceptors (Lipinski definition) is 3. The Labute approximate surface area is 171 Å². The number of carbonyl (C=O) groups excluding carboxylic acids is 1. The molecule has 1 aromatic heterocycles. The number of nitrogens with one attached hydrogen (secondary N) is 1. The molecule has 0 unspecified atom stereocenters. The standard InChI is InChI=1S/C19H16Cl3N3O2/c20-15-4-5-18(17(22)9-15)27-12-13-2-1-3-14(8-13)19(26)23-6-7-25-11-16(21)10-24-25/h1-5,8-11H,6-7,12H2,(H,23,26). The zero-order valence-corrected chi connectivity index (χ0v) is 16.4. The molecule has 0 spiro atoms. The van der Waals surface area contributed by atoms with E-state index in [0.717, 1.165) is 5.56 Å². The van der Waals surface area contributed by atoms with E-state index in [-0.39, 0.29) is 12.5 Å². The van der Waals surface area contributed by atoms with Crippen molar-refractivity contribution in [2.24, 2.45) is 0 Å². The van der Waals surface area contributed by atoms with Crippen molar-refractivity contribution in [3.05, 3.63) is 81.1 Å². The highest BCUT2D eigenvalue weighted by molar-refractivity contribution is 6.35. The third kappa shape index (κ3) is 5.63. The first-order valence-electron chi connectivity index (χ1n) is 8.14. The number of amides is 1. The van der Waals surface area contributed by atoms with Crippen molar-refractivity contribution in [3.63, 3.8) is 0 Å². The Hall–Kier alpha value is -2.21. The van der Waals surface area contributed by atoms with Gasteiger partial charge in [0.15, 0.2) is 0 Å². The van der Waals surface area contributed by atoms with Gasteiger partial charge in [-0.3, -0.25) is 9.48 Å². The van der Waals surface area contributed by atoms with Crippen molar-refractivity contribution in [1.29, 1.82) is 0 Å². The maximum atomic E-state index is 12.3. The fourth-order valence-electron chi connectivity index (χ4n) is 2.40. The lowest BCUT2D eigenvalue weighted by molar-refractivity contribution is 0.0951. The van der Waals surface area contributed by atoms with Crippen LogP contribution in [0.3, 0.4) is 0 Å². The van der Waals surface area contributed by atoms with Crippen LogP contribution < -0.4 is 10.1 Å². The molecule has 3 rings (SSSR count). The van der Waals surface area contributed by atoms with E-state index in [0.29, 0.717) is 39.5 Å². The second-order valence-corrected chi connectivity index (χ2v) is 7.02. The highest BCUT2D eigenvalue weighted by Crippen LogP contribution is 2.28. The van der Waals surface area contributed by atoms with Gasteiger partial charge < -0.3 is 10.1 Å². The molecule has 140 valence electrons. The average molecular weight is 425 g/mol. The molecule has 27 heavy (non-hydrogen) atoms. The minimum atomic E-state index is -0.167. The highest BCUT2D eigenvalue weighted by Gasteiger charge is 2.08. The van der Waals surface area contributed by atoms with Crippen LogP contribution in [0.15, 0.2) is 54.9 Å². The lowest BCUT2D eigenvalue weighted by atomic mass is 10.1. The van der Waals surface area contributed by atoms with Crippen LogP contribution in [0.25, 0.3) is 0 Å². The Balaban J connectivity index is 1.55. The Morgan fingerprint density at radius 3 is 2.70 bits per heavy atom. The smallest absolute Gasteiger partial charge is 0.251 e. The molecular weight excluding hydrogens is 409 g/mol. The molecule has 0 fully saturated rings. The molecule has 0 atom stereocenters. The van der Waals surface area contributed by atoms with Crippen LogP contribution in [0.2, 0.25) is 15.1 Å². The Bertz CT molecular complexity index is 943. The summed E-state index contributed by atoms with van der Waals surface area (Å²) in [4.78, 5) is 12.3. The van der Waals surface area contributed by atoms with Crippen molar-refractivity contribution >= 4 is 40.7 Å². The summed E-state index contributed by atoms with van der Waals surface area (Å²) < 4.78 is 7.38. The van der Waals surface area contributed by atoms with E-state index >= 15 is 0 Å². The fourth-order valence-corrected chi connectivity index (χ4v) is 3.02. The molecule has 0 bridgehead atoms. The second kappa shape index (κ2) is 9.13. The van der Waals surface area contributed by atoms with Gasteiger partial charge in [-0.15, -0.1) is 0 Å². The molecule has 1 heterocycles. The molecule has 0 aliphatic carbocycles. The molecule has 0 saturated carbocycles. The largest absolute Gasteiger partial charge is 0.487 e. The lowest BCUT2D eigenvalue weighted by Crippen LogP contribution is -2.27. The van der Waals surface area contributed by atoms with Gasteiger partial charge in [0.25, 0.3) is 5.91 Å². The van der Waals surface area contributed by atoms with Crippen molar-refractivity contribution in [2.45, 2.75) is 13.2 Å². The first-order valence-corrected chi connectivity index (χ1v) is 9.27. The lowest BCUT2D eigenvalue weighted by Gasteiger charge is -2.10. The van der Waals surface area contributed by atoms with Crippen LogP contribution in [0.5, 0.6) is 5.75 Å². The quantitative estimate of drug-likeness (QED) is 0.590. The molecule has 1 amide bonds. The van der Waals surface area contributed by atoms with Gasteiger partial charge >= 0.3 is 0 Å². The molecule has 0 radical (unpaired) electrons. The van der Waals surface area contributed by atoms with Crippen molar-refractivity contribution in [2.75, 3.05) is 6.54 Å². The van der Waals surface area contributed by atoms with Crippen LogP contribution in [-0.2, 0) is 13.2 Å². The molecule has 8 heteroatoms. The Morgan fingerprint density at radius 1 is 1.11 bits per heavy atom. The van der Waals surface area contributed by atoms with Gasteiger partial charge in [-0.1, -0.05) is 46.9 Å². The van der Waals surface area contributed by atoms with Crippen LogP contribution in [0.4, 0.5) is 0 Å². The molecule has 0 aliphatic heterocycles. The van der Waals surface area contributed by atoms with E-state index < -0.39 is 0 Å². The number of benzene rings is 2. The van der Waals surface area contributed by atoms with Gasteiger partial charge in [0.1, 0.15) is 12.4 Å². The predicted octanol–water partition coefficient (Wildman–Crippen LogP) is 4.85. The number of ether oxygens (including phenoxy) is 1. The maximum Gasteiger partial charge on any atom is 0.251 e. The summed E-state index contributed by atoms with van der Waals surface area (Å²) >= 11 is 17.8. The van der Waals surface area contributed by atoms with Gasteiger partial charge in [-0.05, 0) is 35.9 Å². The minimum Gasteiger partial charge on any atom is -0.487 e. The number of halogens is 3. The minimum absolute atomic E-state index is 0.167. The monoisotopic (exact) mass is 423 g/mol. The predicted molar refractivity (Wildman–Crippen MR) is 107 cm³/mol. The van der Waals surface area contributed by atoms with Crippen molar-refractivity contribution in [3.8, 4) is 5.75 Å². The first kappa shape index (κ1) is 19.5. The number of carbonyl (C=O) groups is 1. The summed E-state index contributed by atoms with van der Waals surface area (Å²) in [7, 11) is 0. The van der Waals surface area contributed by atoms with Gasteiger partial charge in [0.05, 0.1) is 22.8 Å². The Kier molecular flexibility index (Phi) is 6.61. The summed E-state index contributed by atoms with van der Waals surface area (Å²) in [5.41, 5.74) is 1.41. The van der Waals surface area contributed by atoms with E-state index in [1.807, 2.05) is 12.1 Å². The third-order valence-corrected chi connectivity index (χ3v) is 4.43. The molecule has 3 aromatic rings. The summed E-state index contributed by atoms with van der Waals surface area (Å²) in [5, 5.41) is 8.47. The topological polar surface area (TPSA) is 56.2 Å². The molecule has 0 aliphatic rings. The molecule has 2 aromatic carbocycles. The molecule has 0 saturated heterocycles. The van der Waals surface area contributed by atoms with Gasteiger partial charge in [-0.25, -0.2) is 0 Å². The van der Waals surface area contributed by atoms with Crippen molar-refractivity contribution < 1.29 is 9.53 Å². The van der Waals surface area contributed by atoms with E-state index in [2.05, 4.69) is 10.4 Å². The van der Waals surface area contributed by atoms with Gasteiger partial charge in [0, 0.05) is 23.3 Å². The van der Waals surface area contributed by atoms with E-state index in [1.165, 1.54) is 0 Å². The zero-order valence-electron chi connectivity index (χ0n) is 14.2. The van der Waals surface area contributed by atoms with Gasteiger partial charge in [-0.2, -0.15) is 5.10 Å². The summed E-state index contributed by atoms with van der Waals surface area (Å²) in [5.74, 6) is 0.369. The van der Waals surface area contributed by atoms with Crippen LogP contribution in [0.1, 0.15) is 15.9 Å². The fraction of sp³-hybridized carbons (Fsp3) is 0.158. The zero-order chi connectivity index (χ0) is 19.2. The second-order valence-electron chi connectivity index (χ2n) is 5.74. The number of rotatable bonds is 7. The first-order chi connectivity index (χ1) is 13.0. The van der Waals surface area contributed by atoms with Crippen LogP contribution >= 0.6 is 34.8 Å². The third-order valence-electron chi connectivity index (χ3n) is 3.71. The van der Waals surface area contributed by atoms with E-state index in [4.69, 9.17) is 39.5 Å². The summed E-state index contributed by atoms with van der Waals surface area (Å²) in [6.45, 7) is 1.27. The Morgan fingerprint density at radius 2 is 1.96 bits per heavy atom. The molecular formula is C19H16Cl3N3O2. The van der Waals surface area contributed by atoms with Gasteiger partial charge in [0.2, 0.25) is 0 Å². The SMILES string of the molecule is O=C(NCCn1cc(Cl)cn1)c1cccc(COc2ccc(Cl)cc2Cl)c1. The summed E-state index contributed by atoms with van der Waals surface area (Å²) in [6.07, 6.45) is 3.26. The average Bonchev–Trinajstić information content (AvgIpc) is 3.06. The highest BCUT2D eigenvalue weighted by atomic mass is 35.5. The molecule has 5 nitrogen and oxygen atoms in total. The van der Waals surface area contributed by atoms with E-state index in [9.17, 15) is 4.79 Å². The normalized spacial score (nSPS) is 10.6. The number of aromatic nitrogens is 2. The summed E-state index contributed by atoms with van der Waals surface area (Å²) in [6, 6.07) is 12.3. The number of hydrogen-bond donors (Lipinski definition) is 1. The van der Waals surface area contributed by atoms with Crippen LogP contribution in [-0.4, -0.2) is 22.2 Å². The molecule has 1 N–H and O–H groups in total. The number of nitrogens with zero attached hydrogens (tertiary/aromatic N) is 2.